The standard InChI is InChI=1S/C15H11Cl2NO4/c1-22-15(19)14(10-4-2-3-5-12(10)17)11-8-9(16)6-7-13(11)18(20)21/h2-8,14H,1H3. The first kappa shape index (κ1) is 16.3. The van der Waals surface area contributed by atoms with Crippen LogP contribution in [0.2, 0.25) is 10.0 Å². The molecule has 22 heavy (non-hydrogen) atoms. The van der Waals surface area contributed by atoms with E-state index in [2.05, 4.69) is 0 Å². The number of nitro benzene ring substituents is 1. The predicted octanol–water partition coefficient (Wildman–Crippen LogP) is 4.21. The zero-order valence-corrected chi connectivity index (χ0v) is 13.0. The molecule has 1 unspecified atom stereocenters. The van der Waals surface area contributed by atoms with Gasteiger partial charge in [-0.1, -0.05) is 41.4 Å². The third-order valence-electron chi connectivity index (χ3n) is 3.15. The molecule has 0 saturated carbocycles. The zero-order chi connectivity index (χ0) is 16.3. The molecule has 2 aromatic carbocycles. The molecule has 1 atom stereocenters. The third-order valence-corrected chi connectivity index (χ3v) is 3.73. The molecule has 0 aromatic heterocycles. The quantitative estimate of drug-likeness (QED) is 0.475. The van der Waals surface area contributed by atoms with Gasteiger partial charge in [0.15, 0.2) is 0 Å². The molecule has 0 bridgehead atoms. The summed E-state index contributed by atoms with van der Waals surface area (Å²) in [6, 6.07) is 10.6. The Balaban J connectivity index is 2.71. The smallest absolute Gasteiger partial charge is 0.317 e. The molecule has 2 rings (SSSR count). The molecule has 2 aromatic rings. The lowest BCUT2D eigenvalue weighted by Gasteiger charge is -2.17. The minimum atomic E-state index is -1.03. The third kappa shape index (κ3) is 3.21. The lowest BCUT2D eigenvalue weighted by molar-refractivity contribution is -0.385. The highest BCUT2D eigenvalue weighted by molar-refractivity contribution is 6.32. The molecular weight excluding hydrogens is 329 g/mol. The summed E-state index contributed by atoms with van der Waals surface area (Å²) in [4.78, 5) is 22.9. The number of ether oxygens (including phenoxy) is 1. The van der Waals surface area contributed by atoms with Gasteiger partial charge >= 0.3 is 5.97 Å². The molecule has 0 aliphatic heterocycles. The number of carbonyl (C=O) groups excluding carboxylic acids is 1. The lowest BCUT2D eigenvalue weighted by Crippen LogP contribution is -2.17. The van der Waals surface area contributed by atoms with Gasteiger partial charge in [-0.3, -0.25) is 14.9 Å². The van der Waals surface area contributed by atoms with E-state index in [1.54, 1.807) is 24.3 Å². The minimum absolute atomic E-state index is 0.137. The Kier molecular flexibility index (Phi) is 5.00. The fourth-order valence-corrected chi connectivity index (χ4v) is 2.60. The second-order valence-corrected chi connectivity index (χ2v) is 5.28. The normalized spacial score (nSPS) is 11.8. The van der Waals surface area contributed by atoms with E-state index in [1.807, 2.05) is 0 Å². The molecule has 7 heteroatoms. The van der Waals surface area contributed by atoms with Gasteiger partial charge in [0.05, 0.1) is 17.6 Å². The second-order valence-electron chi connectivity index (χ2n) is 4.44. The topological polar surface area (TPSA) is 69.4 Å². The number of esters is 1. The van der Waals surface area contributed by atoms with Crippen molar-refractivity contribution in [2.24, 2.45) is 0 Å². The predicted molar refractivity (Wildman–Crippen MR) is 83.4 cm³/mol. The molecule has 0 fully saturated rings. The van der Waals surface area contributed by atoms with Crippen molar-refractivity contribution >= 4 is 34.9 Å². The minimum Gasteiger partial charge on any atom is -0.468 e. The average Bonchev–Trinajstić information content (AvgIpc) is 2.49. The second kappa shape index (κ2) is 6.77. The Morgan fingerprint density at radius 2 is 1.86 bits per heavy atom. The number of carbonyl (C=O) groups is 1. The van der Waals surface area contributed by atoms with Crippen LogP contribution in [0.5, 0.6) is 0 Å². The van der Waals surface area contributed by atoms with Crippen molar-refractivity contribution in [2.75, 3.05) is 7.11 Å². The van der Waals surface area contributed by atoms with Gasteiger partial charge in [-0.2, -0.15) is 0 Å². The van der Waals surface area contributed by atoms with Gasteiger partial charge in [-0.05, 0) is 23.8 Å². The maximum atomic E-state index is 12.2. The molecule has 0 saturated heterocycles. The number of nitro groups is 1. The van der Waals surface area contributed by atoms with Crippen LogP contribution in [0.25, 0.3) is 0 Å². The van der Waals surface area contributed by atoms with Crippen molar-refractivity contribution in [3.8, 4) is 0 Å². The van der Waals surface area contributed by atoms with E-state index in [9.17, 15) is 14.9 Å². The van der Waals surface area contributed by atoms with Crippen LogP contribution in [-0.2, 0) is 9.53 Å². The Bertz CT molecular complexity index is 733. The summed E-state index contributed by atoms with van der Waals surface area (Å²) in [5.74, 6) is -1.68. The Labute approximate surface area is 136 Å². The summed E-state index contributed by atoms with van der Waals surface area (Å²) in [6.45, 7) is 0. The molecule has 114 valence electrons. The van der Waals surface area contributed by atoms with Crippen LogP contribution in [-0.4, -0.2) is 18.0 Å². The van der Waals surface area contributed by atoms with Crippen LogP contribution < -0.4 is 0 Å². The summed E-state index contributed by atoms with van der Waals surface area (Å²) in [7, 11) is 1.21. The Hall–Kier alpha value is -2.11. The van der Waals surface area contributed by atoms with Crippen LogP contribution in [0.15, 0.2) is 42.5 Å². The molecule has 5 nitrogen and oxygen atoms in total. The number of benzene rings is 2. The van der Waals surface area contributed by atoms with Crippen LogP contribution >= 0.6 is 23.2 Å². The van der Waals surface area contributed by atoms with Gasteiger partial charge in [-0.15, -0.1) is 0 Å². The van der Waals surface area contributed by atoms with E-state index in [0.29, 0.717) is 10.6 Å². The van der Waals surface area contributed by atoms with Gasteiger partial charge < -0.3 is 4.74 Å². The largest absolute Gasteiger partial charge is 0.468 e. The van der Waals surface area contributed by atoms with Crippen LogP contribution in [0, 0.1) is 10.1 Å². The lowest BCUT2D eigenvalue weighted by atomic mass is 9.90. The van der Waals surface area contributed by atoms with Crippen molar-refractivity contribution in [3.63, 3.8) is 0 Å². The zero-order valence-electron chi connectivity index (χ0n) is 11.5. The fraction of sp³-hybridized carbons (Fsp3) is 0.133. The first-order valence-electron chi connectivity index (χ1n) is 6.21. The van der Waals surface area contributed by atoms with E-state index in [1.165, 1.54) is 25.3 Å². The summed E-state index contributed by atoms with van der Waals surface area (Å²) >= 11 is 12.1. The highest BCUT2D eigenvalue weighted by Crippen LogP contribution is 2.37. The van der Waals surface area contributed by atoms with Crippen LogP contribution in [0.4, 0.5) is 5.69 Å². The van der Waals surface area contributed by atoms with E-state index in [4.69, 9.17) is 27.9 Å². The molecule has 0 N–H and O–H groups in total. The summed E-state index contributed by atoms with van der Waals surface area (Å²) < 4.78 is 4.79. The fourth-order valence-electron chi connectivity index (χ4n) is 2.17. The van der Waals surface area contributed by atoms with Gasteiger partial charge in [0.25, 0.3) is 5.69 Å². The number of methoxy groups -OCH3 is 1. The average molecular weight is 340 g/mol. The van der Waals surface area contributed by atoms with Gasteiger partial charge in [-0.25, -0.2) is 0 Å². The first-order valence-corrected chi connectivity index (χ1v) is 6.97. The molecule has 0 heterocycles. The van der Waals surface area contributed by atoms with Crippen molar-refractivity contribution in [1.82, 2.24) is 0 Å². The summed E-state index contributed by atoms with van der Waals surface area (Å²) in [6.07, 6.45) is 0. The summed E-state index contributed by atoms with van der Waals surface area (Å²) in [5.41, 5.74) is 0.332. The van der Waals surface area contributed by atoms with Gasteiger partial charge in [0, 0.05) is 16.1 Å². The van der Waals surface area contributed by atoms with Crippen molar-refractivity contribution in [1.29, 1.82) is 0 Å². The number of rotatable bonds is 4. The monoisotopic (exact) mass is 339 g/mol. The van der Waals surface area contributed by atoms with Gasteiger partial charge in [0.2, 0.25) is 0 Å². The highest BCUT2D eigenvalue weighted by Gasteiger charge is 2.32. The van der Waals surface area contributed by atoms with E-state index in [0.717, 1.165) is 0 Å². The van der Waals surface area contributed by atoms with Crippen molar-refractivity contribution < 1.29 is 14.5 Å². The number of hydrogen-bond donors (Lipinski definition) is 0. The molecule has 0 radical (unpaired) electrons. The molecule has 0 amide bonds. The van der Waals surface area contributed by atoms with E-state index < -0.39 is 16.8 Å². The number of hydrogen-bond acceptors (Lipinski definition) is 4. The first-order chi connectivity index (χ1) is 10.5. The van der Waals surface area contributed by atoms with E-state index in [-0.39, 0.29) is 16.3 Å². The Morgan fingerprint density at radius 1 is 1.18 bits per heavy atom. The van der Waals surface area contributed by atoms with Gasteiger partial charge in [0.1, 0.15) is 5.92 Å². The number of halogens is 2. The SMILES string of the molecule is COC(=O)C(c1ccccc1Cl)c1cc(Cl)ccc1[N+](=O)[O-]. The highest BCUT2D eigenvalue weighted by atomic mass is 35.5. The van der Waals surface area contributed by atoms with Crippen LogP contribution in [0.1, 0.15) is 17.0 Å². The van der Waals surface area contributed by atoms with Crippen molar-refractivity contribution in [3.05, 3.63) is 73.8 Å². The molecule has 0 aliphatic carbocycles. The van der Waals surface area contributed by atoms with E-state index >= 15 is 0 Å². The Morgan fingerprint density at radius 3 is 2.45 bits per heavy atom. The number of nitrogens with zero attached hydrogens (tertiary/aromatic N) is 1. The molecule has 0 spiro atoms. The maximum absolute atomic E-state index is 12.2. The molecule has 0 aliphatic rings. The molecular formula is C15H11Cl2NO4. The van der Waals surface area contributed by atoms with Crippen molar-refractivity contribution in [2.45, 2.75) is 5.92 Å². The maximum Gasteiger partial charge on any atom is 0.317 e. The van der Waals surface area contributed by atoms with Crippen LogP contribution in [0.3, 0.4) is 0 Å². The summed E-state index contributed by atoms with van der Waals surface area (Å²) in [5, 5.41) is 11.8.